The zero-order chi connectivity index (χ0) is 26.9. The molecule has 1 N–H and O–H groups in total. The molecule has 3 fully saturated rings. The Kier molecular flexibility index (Phi) is 6.23. The highest BCUT2D eigenvalue weighted by Crippen LogP contribution is 2.68. The van der Waals surface area contributed by atoms with Crippen molar-refractivity contribution in [2.75, 3.05) is 7.11 Å². The lowest BCUT2D eigenvalue weighted by atomic mass is 9.40. The van der Waals surface area contributed by atoms with Crippen molar-refractivity contribution in [3.05, 3.63) is 35.3 Å². The fraction of sp³-hybridized carbons (Fsp3) is 0.690. The van der Waals surface area contributed by atoms with E-state index in [0.29, 0.717) is 12.8 Å². The summed E-state index contributed by atoms with van der Waals surface area (Å²) >= 11 is 0. The molecule has 202 valence electrons. The average Bonchev–Trinajstić information content (AvgIpc) is 3.36. The zero-order valence-corrected chi connectivity index (χ0v) is 22.5. The summed E-state index contributed by atoms with van der Waals surface area (Å²) in [7, 11) is 1.36. The standard InChI is InChI=1S/C29H38O8/c1-15(30)36-26-18-11-17-19(29(5,24(18)33)21(27(26,2)3)13-22(31)34-6)7-9-28(4)20(17)12-23(32)37-25(28)16-8-10-35-14-16/h8,10,14,18-19,21,23,25-26,32H,7,9,11-13H2,1-6H3. The van der Waals surface area contributed by atoms with Crippen LogP contribution in [0.15, 0.2) is 34.2 Å². The highest BCUT2D eigenvalue weighted by Gasteiger charge is 2.68. The Morgan fingerprint density at radius 1 is 1.19 bits per heavy atom. The predicted molar refractivity (Wildman–Crippen MR) is 132 cm³/mol. The summed E-state index contributed by atoms with van der Waals surface area (Å²) in [5, 5.41) is 10.8. The van der Waals surface area contributed by atoms with Gasteiger partial charge in [0.2, 0.25) is 0 Å². The Morgan fingerprint density at radius 3 is 2.54 bits per heavy atom. The monoisotopic (exact) mass is 514 g/mol. The molecule has 0 amide bonds. The minimum atomic E-state index is -0.980. The number of Topliss-reactive ketones (excluding diaryl/α,β-unsaturated/α-hetero) is 1. The molecular formula is C29H38O8. The average molecular weight is 515 g/mol. The number of furan rings is 1. The van der Waals surface area contributed by atoms with Crippen LogP contribution in [0.5, 0.6) is 0 Å². The van der Waals surface area contributed by atoms with E-state index in [4.69, 9.17) is 18.6 Å². The van der Waals surface area contributed by atoms with E-state index in [0.717, 1.165) is 29.6 Å². The summed E-state index contributed by atoms with van der Waals surface area (Å²) in [6.45, 7) is 9.54. The van der Waals surface area contributed by atoms with Gasteiger partial charge < -0.3 is 23.7 Å². The van der Waals surface area contributed by atoms with Crippen molar-refractivity contribution in [3.8, 4) is 0 Å². The summed E-state index contributed by atoms with van der Waals surface area (Å²) in [6, 6.07) is 1.87. The lowest BCUT2D eigenvalue weighted by Gasteiger charge is -2.63. The van der Waals surface area contributed by atoms with E-state index in [9.17, 15) is 19.5 Å². The van der Waals surface area contributed by atoms with Crippen molar-refractivity contribution >= 4 is 17.7 Å². The number of ether oxygens (including phenoxy) is 3. The number of carbonyl (C=O) groups excluding carboxylic acids is 3. The van der Waals surface area contributed by atoms with Crippen LogP contribution in [0.1, 0.15) is 78.4 Å². The third kappa shape index (κ3) is 3.74. The van der Waals surface area contributed by atoms with Crippen LogP contribution in [-0.4, -0.2) is 42.3 Å². The molecular weight excluding hydrogens is 476 g/mol. The third-order valence-corrected chi connectivity index (χ3v) is 10.2. The molecule has 4 aliphatic rings. The molecule has 1 aromatic heterocycles. The predicted octanol–water partition coefficient (Wildman–Crippen LogP) is 4.52. The number of ketones is 1. The number of rotatable bonds is 4. The smallest absolute Gasteiger partial charge is 0.305 e. The van der Waals surface area contributed by atoms with Crippen molar-refractivity contribution < 1.29 is 38.1 Å². The summed E-state index contributed by atoms with van der Waals surface area (Å²) in [5.74, 6) is -1.76. The lowest BCUT2D eigenvalue weighted by molar-refractivity contribution is -0.205. The molecule has 2 heterocycles. The van der Waals surface area contributed by atoms with Gasteiger partial charge in [-0.15, -0.1) is 0 Å². The van der Waals surface area contributed by atoms with Crippen molar-refractivity contribution in [1.29, 1.82) is 0 Å². The lowest BCUT2D eigenvalue weighted by Crippen LogP contribution is -2.66. The Hall–Kier alpha value is -2.45. The molecule has 8 heteroatoms. The van der Waals surface area contributed by atoms with E-state index in [-0.39, 0.29) is 41.5 Å². The number of esters is 2. The summed E-state index contributed by atoms with van der Waals surface area (Å²) in [6.07, 6.45) is 3.66. The van der Waals surface area contributed by atoms with Crippen LogP contribution in [0.4, 0.5) is 0 Å². The van der Waals surface area contributed by atoms with E-state index in [1.807, 2.05) is 26.8 Å². The van der Waals surface area contributed by atoms with Crippen LogP contribution in [0.2, 0.25) is 0 Å². The number of hydrogen-bond acceptors (Lipinski definition) is 8. The van der Waals surface area contributed by atoms with E-state index in [1.165, 1.54) is 14.0 Å². The second-order valence-electron chi connectivity index (χ2n) is 12.4. The molecule has 1 aliphatic heterocycles. The summed E-state index contributed by atoms with van der Waals surface area (Å²) in [4.78, 5) is 39.1. The molecule has 8 unspecified atom stereocenters. The topological polar surface area (TPSA) is 112 Å². The Morgan fingerprint density at radius 2 is 1.92 bits per heavy atom. The van der Waals surface area contributed by atoms with Crippen LogP contribution in [0, 0.1) is 34.0 Å². The van der Waals surface area contributed by atoms with Gasteiger partial charge in [0, 0.05) is 41.6 Å². The van der Waals surface area contributed by atoms with Crippen molar-refractivity contribution in [2.24, 2.45) is 34.0 Å². The molecule has 5 rings (SSSR count). The molecule has 2 saturated carbocycles. The van der Waals surface area contributed by atoms with Crippen molar-refractivity contribution in [2.45, 2.75) is 85.2 Å². The fourth-order valence-electron chi connectivity index (χ4n) is 8.52. The number of allylic oxidation sites excluding steroid dienone is 1. The number of aliphatic hydroxyl groups excluding tert-OH is 1. The van der Waals surface area contributed by atoms with Crippen LogP contribution >= 0.6 is 0 Å². The van der Waals surface area contributed by atoms with Crippen LogP contribution in [-0.2, 0) is 28.6 Å². The van der Waals surface area contributed by atoms with Gasteiger partial charge in [-0.2, -0.15) is 0 Å². The van der Waals surface area contributed by atoms with Gasteiger partial charge in [-0.25, -0.2) is 0 Å². The minimum Gasteiger partial charge on any atom is -0.472 e. The molecule has 0 radical (unpaired) electrons. The van der Waals surface area contributed by atoms with Gasteiger partial charge in [0.05, 0.1) is 31.7 Å². The van der Waals surface area contributed by atoms with Gasteiger partial charge in [0.25, 0.3) is 0 Å². The largest absolute Gasteiger partial charge is 0.472 e. The second kappa shape index (κ2) is 8.80. The van der Waals surface area contributed by atoms with Gasteiger partial charge in [-0.05, 0) is 37.2 Å². The maximum Gasteiger partial charge on any atom is 0.305 e. The first-order chi connectivity index (χ1) is 17.4. The normalized spacial score (nSPS) is 40.5. The molecule has 1 saturated heterocycles. The molecule has 2 bridgehead atoms. The second-order valence-corrected chi connectivity index (χ2v) is 12.4. The van der Waals surface area contributed by atoms with Gasteiger partial charge in [-0.3, -0.25) is 14.4 Å². The number of aliphatic hydroxyl groups is 1. The Bertz CT molecular complexity index is 1130. The molecule has 0 aromatic carbocycles. The molecule has 0 spiro atoms. The maximum atomic E-state index is 14.2. The van der Waals surface area contributed by atoms with Gasteiger partial charge >= 0.3 is 11.9 Å². The molecule has 37 heavy (non-hydrogen) atoms. The fourth-order valence-corrected chi connectivity index (χ4v) is 8.52. The third-order valence-electron chi connectivity index (χ3n) is 10.2. The first-order valence-corrected chi connectivity index (χ1v) is 13.2. The maximum absolute atomic E-state index is 14.2. The van der Waals surface area contributed by atoms with Gasteiger partial charge in [0.15, 0.2) is 6.29 Å². The summed E-state index contributed by atoms with van der Waals surface area (Å²) < 4.78 is 22.4. The number of carbonyl (C=O) groups is 3. The van der Waals surface area contributed by atoms with E-state index in [1.54, 1.807) is 12.5 Å². The van der Waals surface area contributed by atoms with E-state index >= 15 is 0 Å². The number of hydrogen-bond donors (Lipinski definition) is 1. The van der Waals surface area contributed by atoms with Crippen molar-refractivity contribution in [1.82, 2.24) is 0 Å². The van der Waals surface area contributed by atoms with Crippen molar-refractivity contribution in [3.63, 3.8) is 0 Å². The quantitative estimate of drug-likeness (QED) is 0.461. The number of fused-ring (bicyclic) bond motifs is 5. The van der Waals surface area contributed by atoms with E-state index in [2.05, 4.69) is 6.92 Å². The molecule has 3 aliphatic carbocycles. The zero-order valence-electron chi connectivity index (χ0n) is 22.5. The molecule has 8 nitrogen and oxygen atoms in total. The molecule has 8 atom stereocenters. The number of methoxy groups -OCH3 is 1. The first kappa shape index (κ1) is 26.2. The van der Waals surface area contributed by atoms with E-state index < -0.39 is 35.1 Å². The van der Waals surface area contributed by atoms with Crippen LogP contribution < -0.4 is 0 Å². The highest BCUT2D eigenvalue weighted by atomic mass is 16.6. The minimum absolute atomic E-state index is 0.0592. The Balaban J connectivity index is 1.68. The molecule has 1 aromatic rings. The van der Waals surface area contributed by atoms with Gasteiger partial charge in [0.1, 0.15) is 11.9 Å². The Labute approximate surface area is 217 Å². The van der Waals surface area contributed by atoms with Crippen LogP contribution in [0.25, 0.3) is 0 Å². The van der Waals surface area contributed by atoms with Crippen LogP contribution in [0.3, 0.4) is 0 Å². The van der Waals surface area contributed by atoms with Gasteiger partial charge in [-0.1, -0.05) is 38.8 Å². The highest BCUT2D eigenvalue weighted by molar-refractivity contribution is 5.92. The first-order valence-electron chi connectivity index (χ1n) is 13.2. The SMILES string of the molecule is COC(=O)CC1C(C)(C)C(OC(C)=O)C2CC3=C4CC(O)OC(c5ccoc5)C4(C)CCC3C1(C)C2=O. The summed E-state index contributed by atoms with van der Waals surface area (Å²) in [5.41, 5.74) is 1.30.